The Kier molecular flexibility index (Phi) is 12.3. The van der Waals surface area contributed by atoms with Crippen LogP contribution in [0.4, 0.5) is 0 Å². The Morgan fingerprint density at radius 3 is 2.20 bits per heavy atom. The van der Waals surface area contributed by atoms with E-state index in [2.05, 4.69) is 54.3 Å². The maximum absolute atomic E-state index is 8.81. The van der Waals surface area contributed by atoms with E-state index in [0.29, 0.717) is 24.2 Å². The number of guanidine groups is 1. The van der Waals surface area contributed by atoms with Gasteiger partial charge in [0.15, 0.2) is 5.96 Å². The second-order valence-corrected chi connectivity index (χ2v) is 6.44. The Bertz CT molecular complexity index is 538. The van der Waals surface area contributed by atoms with Gasteiger partial charge in [-0.3, -0.25) is 9.89 Å². The number of halogens is 1. The highest BCUT2D eigenvalue weighted by Gasteiger charge is 2.12. The van der Waals surface area contributed by atoms with Crippen molar-refractivity contribution in [3.8, 4) is 6.07 Å². The molecule has 2 N–H and O–H groups in total. The van der Waals surface area contributed by atoms with Crippen LogP contribution in [-0.2, 0) is 6.54 Å². The summed E-state index contributed by atoms with van der Waals surface area (Å²) in [5.41, 5.74) is 1.81. The fraction of sp³-hybridized carbons (Fsp3) is 0.579. The molecule has 0 saturated carbocycles. The zero-order chi connectivity index (χ0) is 17.9. The van der Waals surface area contributed by atoms with Crippen molar-refractivity contribution in [1.29, 1.82) is 5.26 Å². The molecule has 0 unspecified atom stereocenters. The van der Waals surface area contributed by atoms with E-state index in [0.717, 1.165) is 31.0 Å². The number of nitrogens with one attached hydrogen (secondary N) is 2. The smallest absolute Gasteiger partial charge is 0.191 e. The van der Waals surface area contributed by atoms with Gasteiger partial charge in [-0.1, -0.05) is 12.1 Å². The number of rotatable bonds is 8. The van der Waals surface area contributed by atoms with Crippen LogP contribution in [-0.4, -0.2) is 43.1 Å². The summed E-state index contributed by atoms with van der Waals surface area (Å²) in [5, 5.41) is 15.5. The molecule has 0 radical (unpaired) electrons. The van der Waals surface area contributed by atoms with Gasteiger partial charge in [0.2, 0.25) is 0 Å². The lowest BCUT2D eigenvalue weighted by Gasteiger charge is -2.30. The maximum Gasteiger partial charge on any atom is 0.191 e. The first-order valence-electron chi connectivity index (χ1n) is 8.67. The molecule has 0 atom stereocenters. The average Bonchev–Trinajstić information content (AvgIpc) is 2.57. The maximum atomic E-state index is 8.81. The summed E-state index contributed by atoms with van der Waals surface area (Å²) in [6, 6.07) is 10.9. The molecule has 0 aliphatic carbocycles. The van der Waals surface area contributed by atoms with Crippen LogP contribution in [0.3, 0.4) is 0 Å². The Labute approximate surface area is 169 Å². The van der Waals surface area contributed by atoms with Crippen molar-refractivity contribution in [2.75, 3.05) is 20.1 Å². The summed E-state index contributed by atoms with van der Waals surface area (Å²) in [5.74, 6) is 0.806. The first-order chi connectivity index (χ1) is 11.5. The molecule has 0 spiro atoms. The summed E-state index contributed by atoms with van der Waals surface area (Å²) >= 11 is 0. The first kappa shape index (κ1) is 23.7. The lowest BCUT2D eigenvalue weighted by molar-refractivity contribution is 0.173. The van der Waals surface area contributed by atoms with E-state index in [1.165, 1.54) is 0 Å². The molecular formula is C19H32IN5. The zero-order valence-electron chi connectivity index (χ0n) is 16.0. The normalized spacial score (nSPS) is 11.4. The van der Waals surface area contributed by atoms with Gasteiger partial charge in [-0.15, -0.1) is 24.0 Å². The molecule has 5 nitrogen and oxygen atoms in total. The molecule has 25 heavy (non-hydrogen) atoms. The minimum Gasteiger partial charge on any atom is -0.356 e. The van der Waals surface area contributed by atoms with Gasteiger partial charge in [-0.05, 0) is 51.8 Å². The number of aliphatic imine (C=N–C) groups is 1. The third kappa shape index (κ3) is 9.07. The van der Waals surface area contributed by atoms with E-state index in [4.69, 9.17) is 5.26 Å². The highest BCUT2D eigenvalue weighted by Crippen LogP contribution is 2.05. The van der Waals surface area contributed by atoms with Crippen LogP contribution < -0.4 is 10.6 Å². The third-order valence-corrected chi connectivity index (χ3v) is 3.98. The monoisotopic (exact) mass is 457 g/mol. The number of hydrogen-bond acceptors (Lipinski definition) is 3. The summed E-state index contributed by atoms with van der Waals surface area (Å²) in [6.07, 6.45) is 1.08. The highest BCUT2D eigenvalue weighted by atomic mass is 127. The average molecular weight is 457 g/mol. The van der Waals surface area contributed by atoms with Gasteiger partial charge in [0.05, 0.1) is 11.6 Å². The molecule has 0 aliphatic rings. The lowest BCUT2D eigenvalue weighted by atomic mass is 10.1. The van der Waals surface area contributed by atoms with Gasteiger partial charge in [0.25, 0.3) is 0 Å². The predicted molar refractivity (Wildman–Crippen MR) is 116 cm³/mol. The van der Waals surface area contributed by atoms with E-state index in [9.17, 15) is 0 Å². The largest absolute Gasteiger partial charge is 0.356 e. The van der Waals surface area contributed by atoms with Crippen LogP contribution in [0, 0.1) is 11.3 Å². The van der Waals surface area contributed by atoms with Crippen LogP contribution in [0.25, 0.3) is 0 Å². The van der Waals surface area contributed by atoms with Crippen LogP contribution >= 0.6 is 24.0 Å². The third-order valence-electron chi connectivity index (χ3n) is 3.98. The number of nitriles is 1. The van der Waals surface area contributed by atoms with Gasteiger partial charge in [-0.25, -0.2) is 0 Å². The molecule has 0 bridgehead atoms. The zero-order valence-corrected chi connectivity index (χ0v) is 18.4. The Balaban J connectivity index is 0.00000576. The van der Waals surface area contributed by atoms with E-state index in [1.54, 1.807) is 7.05 Å². The minimum absolute atomic E-state index is 0. The van der Waals surface area contributed by atoms with Crippen molar-refractivity contribution < 1.29 is 0 Å². The van der Waals surface area contributed by atoms with E-state index < -0.39 is 0 Å². The molecule has 6 heteroatoms. The molecular weight excluding hydrogens is 425 g/mol. The Morgan fingerprint density at radius 2 is 1.72 bits per heavy atom. The lowest BCUT2D eigenvalue weighted by Crippen LogP contribution is -2.41. The molecule has 0 aromatic heterocycles. The van der Waals surface area contributed by atoms with Crippen molar-refractivity contribution >= 4 is 29.9 Å². The van der Waals surface area contributed by atoms with Gasteiger partial charge < -0.3 is 10.6 Å². The summed E-state index contributed by atoms with van der Waals surface area (Å²) in [4.78, 5) is 6.75. The van der Waals surface area contributed by atoms with Gasteiger partial charge in [-0.2, -0.15) is 5.26 Å². The van der Waals surface area contributed by atoms with Crippen molar-refractivity contribution in [3.05, 3.63) is 35.4 Å². The highest BCUT2D eigenvalue weighted by molar-refractivity contribution is 14.0. The molecule has 0 saturated heterocycles. The fourth-order valence-corrected chi connectivity index (χ4v) is 2.68. The van der Waals surface area contributed by atoms with Crippen molar-refractivity contribution in [3.63, 3.8) is 0 Å². The Hall–Kier alpha value is -1.33. The van der Waals surface area contributed by atoms with Crippen molar-refractivity contribution in [2.45, 2.75) is 52.7 Å². The minimum atomic E-state index is 0. The molecule has 0 aliphatic heterocycles. The SMILES string of the molecule is CN=C(NCCCN(C(C)C)C(C)C)NCc1ccc(C#N)cc1.I. The van der Waals surface area contributed by atoms with E-state index in [-0.39, 0.29) is 24.0 Å². The van der Waals surface area contributed by atoms with Crippen LogP contribution in [0.2, 0.25) is 0 Å². The first-order valence-corrected chi connectivity index (χ1v) is 8.67. The number of benzene rings is 1. The standard InChI is InChI=1S/C19H31N5.HI/c1-15(2)24(16(3)4)12-6-11-22-19(21-5)23-14-18-9-7-17(13-20)8-10-18;/h7-10,15-16H,6,11-12,14H2,1-5H3,(H2,21,22,23);1H. The van der Waals surface area contributed by atoms with Crippen LogP contribution in [0.15, 0.2) is 29.3 Å². The van der Waals surface area contributed by atoms with E-state index in [1.807, 2.05) is 24.3 Å². The summed E-state index contributed by atoms with van der Waals surface area (Å²) < 4.78 is 0. The molecule has 1 rings (SSSR count). The summed E-state index contributed by atoms with van der Waals surface area (Å²) in [7, 11) is 1.78. The fourth-order valence-electron chi connectivity index (χ4n) is 2.68. The van der Waals surface area contributed by atoms with Crippen LogP contribution in [0.5, 0.6) is 0 Å². The second kappa shape index (κ2) is 13.0. The van der Waals surface area contributed by atoms with Gasteiger partial charge in [0.1, 0.15) is 0 Å². The molecule has 0 amide bonds. The predicted octanol–water partition coefficient (Wildman–Crippen LogP) is 3.35. The van der Waals surface area contributed by atoms with Gasteiger partial charge >= 0.3 is 0 Å². The number of nitrogens with zero attached hydrogens (tertiary/aromatic N) is 3. The van der Waals surface area contributed by atoms with Crippen molar-refractivity contribution in [1.82, 2.24) is 15.5 Å². The molecule has 0 heterocycles. The van der Waals surface area contributed by atoms with E-state index >= 15 is 0 Å². The second-order valence-electron chi connectivity index (χ2n) is 6.44. The van der Waals surface area contributed by atoms with Gasteiger partial charge in [0, 0.05) is 38.8 Å². The number of hydrogen-bond donors (Lipinski definition) is 2. The summed E-state index contributed by atoms with van der Waals surface area (Å²) in [6.45, 7) is 11.6. The molecule has 140 valence electrons. The molecule has 1 aromatic rings. The quantitative estimate of drug-likeness (QED) is 0.272. The Morgan fingerprint density at radius 1 is 1.12 bits per heavy atom. The molecule has 1 aromatic carbocycles. The molecule has 0 fully saturated rings. The van der Waals surface area contributed by atoms with Crippen molar-refractivity contribution in [2.24, 2.45) is 4.99 Å². The topological polar surface area (TPSA) is 63.5 Å². The van der Waals surface area contributed by atoms with Crippen LogP contribution in [0.1, 0.15) is 45.2 Å².